The molecule has 0 radical (unpaired) electrons. The van der Waals surface area contributed by atoms with E-state index in [2.05, 4.69) is 148 Å². The Hall–Kier alpha value is -3.42. The smallest absolute Gasteiger partial charge is 0.159 e. The van der Waals surface area contributed by atoms with Gasteiger partial charge in [0.1, 0.15) is 0 Å². The topological polar surface area (TPSA) is 25.3 Å². The van der Waals surface area contributed by atoms with E-state index < -0.39 is 0 Å². The van der Waals surface area contributed by atoms with Crippen molar-refractivity contribution in [2.24, 2.45) is 4.99 Å². The molecule has 0 aliphatic carbocycles. The van der Waals surface area contributed by atoms with E-state index in [1.165, 1.54) is 27.4 Å². The van der Waals surface area contributed by atoms with Crippen molar-refractivity contribution in [1.82, 2.24) is 19.6 Å². The van der Waals surface area contributed by atoms with Crippen LogP contribution in [-0.2, 0) is 0 Å². The molecule has 7 rings (SSSR count). The van der Waals surface area contributed by atoms with Gasteiger partial charge in [0.25, 0.3) is 0 Å². The van der Waals surface area contributed by atoms with Crippen LogP contribution in [0.25, 0.3) is 0 Å². The van der Waals surface area contributed by atoms with Gasteiger partial charge in [-0.3, -0.25) is 19.7 Å². The van der Waals surface area contributed by atoms with Gasteiger partial charge in [-0.05, 0) is 29.2 Å². The first kappa shape index (κ1) is 30.2. The highest BCUT2D eigenvalue weighted by Gasteiger charge is 2.38. The van der Waals surface area contributed by atoms with Crippen LogP contribution in [0.2, 0.25) is 0 Å². The Balaban J connectivity index is 0.937. The first-order chi connectivity index (χ1) is 22.2. The van der Waals surface area contributed by atoms with E-state index in [0.717, 1.165) is 65.4 Å². The number of piperazine rings is 2. The maximum Gasteiger partial charge on any atom is 0.159 e. The van der Waals surface area contributed by atoms with E-state index >= 15 is 0 Å². The van der Waals surface area contributed by atoms with Crippen LogP contribution in [0.4, 0.5) is 0 Å². The molecule has 0 saturated carbocycles. The van der Waals surface area contributed by atoms with Crippen LogP contribution in [0.5, 0.6) is 0 Å². The number of rotatable bonds is 8. The molecule has 2 fully saturated rings. The lowest BCUT2D eigenvalue weighted by molar-refractivity contribution is 0.104. The van der Waals surface area contributed by atoms with Crippen LogP contribution < -0.4 is 0 Å². The van der Waals surface area contributed by atoms with E-state index in [1.54, 1.807) is 0 Å². The first-order valence-corrected chi connectivity index (χ1v) is 17.4. The fourth-order valence-electron chi connectivity index (χ4n) is 7.36. The quantitative estimate of drug-likeness (QED) is 0.221. The second-order valence-corrected chi connectivity index (χ2v) is 14.5. The molecular formula is C39H45N5S. The highest BCUT2D eigenvalue weighted by atomic mass is 32.2. The third-order valence-electron chi connectivity index (χ3n) is 9.63. The van der Waals surface area contributed by atoms with Crippen molar-refractivity contribution in [3.63, 3.8) is 0 Å². The summed E-state index contributed by atoms with van der Waals surface area (Å²) in [5, 5.41) is 1.25. The van der Waals surface area contributed by atoms with Crippen LogP contribution in [0, 0.1) is 0 Å². The number of nitrogens with zero attached hydrogens (tertiary/aromatic N) is 5. The minimum atomic E-state index is 0.128. The minimum Gasteiger partial charge on any atom is -0.349 e. The molecule has 6 heteroatoms. The second-order valence-electron chi connectivity index (χ2n) is 12.9. The molecule has 1 atom stereocenters. The Labute approximate surface area is 273 Å². The number of hydrogen-bond donors (Lipinski definition) is 0. The number of aliphatic imine (C=N–C) groups is 1. The number of amidine groups is 1. The van der Waals surface area contributed by atoms with Gasteiger partial charge in [-0.1, -0.05) is 133 Å². The number of thioether (sulfide) groups is 1. The van der Waals surface area contributed by atoms with Crippen LogP contribution in [-0.4, -0.2) is 95.0 Å². The van der Waals surface area contributed by atoms with Crippen molar-refractivity contribution in [2.75, 3.05) is 65.4 Å². The van der Waals surface area contributed by atoms with E-state index in [4.69, 9.17) is 4.99 Å². The summed E-state index contributed by atoms with van der Waals surface area (Å²) in [5.74, 6) is 0. The lowest BCUT2D eigenvalue weighted by Gasteiger charge is -2.42. The Kier molecular flexibility index (Phi) is 9.36. The molecule has 232 valence electrons. The third-order valence-corrected chi connectivity index (χ3v) is 10.9. The average molecular weight is 616 g/mol. The third kappa shape index (κ3) is 7.05. The molecule has 0 spiro atoms. The molecule has 5 nitrogen and oxygen atoms in total. The van der Waals surface area contributed by atoms with Crippen molar-refractivity contribution in [3.05, 3.63) is 144 Å². The normalized spacial score (nSPS) is 21.8. The largest absolute Gasteiger partial charge is 0.349 e. The van der Waals surface area contributed by atoms with Gasteiger partial charge in [-0.15, -0.1) is 0 Å². The fourth-order valence-corrected chi connectivity index (χ4v) is 8.62. The monoisotopic (exact) mass is 615 g/mol. The van der Waals surface area contributed by atoms with Crippen LogP contribution >= 0.6 is 11.8 Å². The molecule has 45 heavy (non-hydrogen) atoms. The van der Waals surface area contributed by atoms with E-state index in [1.807, 2.05) is 11.8 Å². The summed E-state index contributed by atoms with van der Waals surface area (Å²) in [6.07, 6.45) is 0. The summed E-state index contributed by atoms with van der Waals surface area (Å²) >= 11 is 2.02. The number of benzene rings is 4. The van der Waals surface area contributed by atoms with Gasteiger partial charge in [0.15, 0.2) is 5.17 Å². The predicted octanol–water partition coefficient (Wildman–Crippen LogP) is 6.66. The molecule has 2 saturated heterocycles. The zero-order valence-corrected chi connectivity index (χ0v) is 27.2. The average Bonchev–Trinajstić information content (AvgIpc) is 3.49. The molecule has 0 aromatic heterocycles. The van der Waals surface area contributed by atoms with Gasteiger partial charge >= 0.3 is 0 Å². The molecule has 3 heterocycles. The van der Waals surface area contributed by atoms with Crippen molar-refractivity contribution < 1.29 is 0 Å². The van der Waals surface area contributed by atoms with Crippen molar-refractivity contribution in [3.8, 4) is 0 Å². The lowest BCUT2D eigenvalue weighted by Crippen LogP contribution is -2.52. The molecule has 4 aromatic carbocycles. The highest BCUT2D eigenvalue weighted by Crippen LogP contribution is 2.37. The Morgan fingerprint density at radius 3 is 1.33 bits per heavy atom. The Morgan fingerprint density at radius 2 is 0.933 bits per heavy atom. The van der Waals surface area contributed by atoms with Crippen molar-refractivity contribution in [2.45, 2.75) is 23.8 Å². The molecule has 4 aromatic rings. The SMILES string of the molecule is CC1(CN2CCN(C(c3ccccc3)c3ccccc3)CC2)CN=C(N2CCN(C(c3ccccc3)c3ccccc3)CC2)S1. The first-order valence-electron chi connectivity index (χ1n) is 16.5. The summed E-state index contributed by atoms with van der Waals surface area (Å²) in [7, 11) is 0. The fraction of sp³-hybridized carbons (Fsp3) is 0.359. The van der Waals surface area contributed by atoms with Crippen LogP contribution in [0.15, 0.2) is 126 Å². The molecule has 0 bridgehead atoms. The van der Waals surface area contributed by atoms with Gasteiger partial charge in [-0.25, -0.2) is 0 Å². The number of hydrogen-bond acceptors (Lipinski definition) is 6. The van der Waals surface area contributed by atoms with Crippen molar-refractivity contribution in [1.29, 1.82) is 0 Å². The van der Waals surface area contributed by atoms with Crippen LogP contribution in [0.1, 0.15) is 41.3 Å². The molecular weight excluding hydrogens is 571 g/mol. The Morgan fingerprint density at radius 1 is 0.556 bits per heavy atom. The van der Waals surface area contributed by atoms with Gasteiger partial charge in [0, 0.05) is 58.9 Å². The lowest BCUT2D eigenvalue weighted by atomic mass is 9.96. The molecule has 3 aliphatic rings. The summed E-state index contributed by atoms with van der Waals surface area (Å²) < 4.78 is 0.128. The van der Waals surface area contributed by atoms with E-state index in [-0.39, 0.29) is 4.75 Å². The standard InChI is InChI=1S/C39H45N5S/c1-39(31-41-22-24-42(25-23-41)36(32-14-6-2-7-15-32)33-16-8-3-9-17-33)30-40-38(45-39)44-28-26-43(27-29-44)37(34-18-10-4-11-19-34)35-20-12-5-13-21-35/h2-21,36-37H,22-31H2,1H3. The van der Waals surface area contributed by atoms with Crippen molar-refractivity contribution >= 4 is 16.9 Å². The molecule has 1 unspecified atom stereocenters. The van der Waals surface area contributed by atoms with Gasteiger partial charge in [0.2, 0.25) is 0 Å². The van der Waals surface area contributed by atoms with Gasteiger partial charge < -0.3 is 4.90 Å². The van der Waals surface area contributed by atoms with Gasteiger partial charge in [-0.2, -0.15) is 0 Å². The zero-order chi connectivity index (χ0) is 30.5. The summed E-state index contributed by atoms with van der Waals surface area (Å²) in [6.45, 7) is 12.9. The summed E-state index contributed by atoms with van der Waals surface area (Å²) in [4.78, 5) is 15.7. The second kappa shape index (κ2) is 13.9. The maximum atomic E-state index is 5.14. The molecule has 0 amide bonds. The van der Waals surface area contributed by atoms with Crippen LogP contribution in [0.3, 0.4) is 0 Å². The van der Waals surface area contributed by atoms with E-state index in [0.29, 0.717) is 12.1 Å². The highest BCUT2D eigenvalue weighted by molar-refractivity contribution is 8.15. The Bertz CT molecular complexity index is 1440. The zero-order valence-electron chi connectivity index (χ0n) is 26.4. The minimum absolute atomic E-state index is 0.128. The molecule has 3 aliphatic heterocycles. The van der Waals surface area contributed by atoms with E-state index in [9.17, 15) is 0 Å². The maximum absolute atomic E-state index is 5.14. The summed E-state index contributed by atoms with van der Waals surface area (Å²) in [5.41, 5.74) is 5.51. The predicted molar refractivity (Wildman–Crippen MR) is 189 cm³/mol. The molecule has 0 N–H and O–H groups in total. The summed E-state index contributed by atoms with van der Waals surface area (Å²) in [6, 6.07) is 44.6. The van der Waals surface area contributed by atoms with Gasteiger partial charge in [0.05, 0.1) is 23.4 Å².